The summed E-state index contributed by atoms with van der Waals surface area (Å²) in [5.41, 5.74) is 3.68. The Morgan fingerprint density at radius 1 is 1.11 bits per heavy atom. The average Bonchev–Trinajstić information content (AvgIpc) is 2.74. The molecule has 0 saturated carbocycles. The predicted octanol–water partition coefficient (Wildman–Crippen LogP) is 2.60. The number of aromatic nitrogens is 1. The number of amides is 1. The molecule has 0 saturated heterocycles. The molecule has 2 aromatic rings. The summed E-state index contributed by atoms with van der Waals surface area (Å²) < 4.78 is 39.8. The number of nitrogens with zero attached hydrogens (tertiary/aromatic N) is 1. The Balaban J connectivity index is 2.67. The van der Waals surface area contributed by atoms with E-state index in [2.05, 4.69) is 0 Å². The Morgan fingerprint density at radius 3 is 2.22 bits per heavy atom. The Morgan fingerprint density at radius 2 is 1.72 bits per heavy atom. The fourth-order valence-electron chi connectivity index (χ4n) is 1.72. The van der Waals surface area contributed by atoms with E-state index in [9.17, 15) is 18.0 Å². The molecular formula is C12H9F3N2O. The van der Waals surface area contributed by atoms with Gasteiger partial charge in [-0.2, -0.15) is 13.2 Å². The van der Waals surface area contributed by atoms with Gasteiger partial charge in [-0.15, -0.1) is 0 Å². The van der Waals surface area contributed by atoms with E-state index in [1.807, 2.05) is 0 Å². The van der Waals surface area contributed by atoms with Crippen molar-refractivity contribution in [3.8, 4) is 5.69 Å². The Labute approximate surface area is 101 Å². The standard InChI is InChI=1S/C12H9F3N2O/c13-12(14,15)10-9(11(16)18)6-7-17(10)8-4-2-1-3-5-8/h1-7H,(H2,16,18). The molecule has 0 atom stereocenters. The number of alkyl halides is 3. The third kappa shape index (κ3) is 2.09. The number of primary amides is 1. The van der Waals surface area contributed by atoms with Crippen LogP contribution >= 0.6 is 0 Å². The summed E-state index contributed by atoms with van der Waals surface area (Å²) in [6, 6.07) is 9.01. The molecule has 0 radical (unpaired) electrons. The minimum atomic E-state index is -4.65. The van der Waals surface area contributed by atoms with E-state index in [-0.39, 0.29) is 0 Å². The van der Waals surface area contributed by atoms with Crippen molar-refractivity contribution in [2.75, 3.05) is 0 Å². The second-order valence-electron chi connectivity index (χ2n) is 3.65. The monoisotopic (exact) mass is 254 g/mol. The topological polar surface area (TPSA) is 48.0 Å². The first-order valence-corrected chi connectivity index (χ1v) is 5.05. The predicted molar refractivity (Wildman–Crippen MR) is 59.3 cm³/mol. The molecule has 3 nitrogen and oxygen atoms in total. The van der Waals surface area contributed by atoms with Crippen LogP contribution in [0.15, 0.2) is 42.6 Å². The Kier molecular flexibility index (Phi) is 2.86. The molecule has 0 bridgehead atoms. The number of rotatable bonds is 2. The molecule has 6 heteroatoms. The van der Waals surface area contributed by atoms with E-state index in [0.717, 1.165) is 10.6 Å². The van der Waals surface area contributed by atoms with Gasteiger partial charge in [0.2, 0.25) is 0 Å². The van der Waals surface area contributed by atoms with Gasteiger partial charge in [-0.05, 0) is 18.2 Å². The van der Waals surface area contributed by atoms with Crippen molar-refractivity contribution in [1.29, 1.82) is 0 Å². The summed E-state index contributed by atoms with van der Waals surface area (Å²) in [4.78, 5) is 11.0. The molecule has 18 heavy (non-hydrogen) atoms. The maximum Gasteiger partial charge on any atom is 0.432 e. The van der Waals surface area contributed by atoms with Gasteiger partial charge in [0.15, 0.2) is 0 Å². The minimum Gasteiger partial charge on any atom is -0.366 e. The lowest BCUT2D eigenvalue weighted by Gasteiger charge is -2.13. The lowest BCUT2D eigenvalue weighted by Crippen LogP contribution is -2.20. The van der Waals surface area contributed by atoms with Crippen molar-refractivity contribution in [2.45, 2.75) is 6.18 Å². The molecule has 1 aromatic heterocycles. The van der Waals surface area contributed by atoms with Crippen LogP contribution in [0.4, 0.5) is 13.2 Å². The zero-order valence-corrected chi connectivity index (χ0v) is 9.11. The molecule has 0 spiro atoms. The normalized spacial score (nSPS) is 11.5. The molecule has 0 aliphatic rings. The maximum atomic E-state index is 13.0. The molecular weight excluding hydrogens is 245 g/mol. The third-order valence-electron chi connectivity index (χ3n) is 2.45. The van der Waals surface area contributed by atoms with Crippen molar-refractivity contribution >= 4 is 5.91 Å². The molecule has 0 aliphatic carbocycles. The van der Waals surface area contributed by atoms with Crippen molar-refractivity contribution in [2.24, 2.45) is 5.73 Å². The van der Waals surface area contributed by atoms with Crippen LogP contribution in [0.5, 0.6) is 0 Å². The molecule has 1 aromatic carbocycles. The van der Waals surface area contributed by atoms with Gasteiger partial charge in [-0.1, -0.05) is 18.2 Å². The number of carbonyl (C=O) groups is 1. The molecule has 0 unspecified atom stereocenters. The van der Waals surface area contributed by atoms with Gasteiger partial charge >= 0.3 is 6.18 Å². The zero-order chi connectivity index (χ0) is 13.3. The highest BCUT2D eigenvalue weighted by Gasteiger charge is 2.38. The SMILES string of the molecule is NC(=O)c1ccn(-c2ccccc2)c1C(F)(F)F. The smallest absolute Gasteiger partial charge is 0.366 e. The third-order valence-corrected chi connectivity index (χ3v) is 2.45. The van der Waals surface area contributed by atoms with E-state index in [4.69, 9.17) is 5.73 Å². The maximum absolute atomic E-state index is 13.0. The van der Waals surface area contributed by atoms with E-state index in [1.54, 1.807) is 18.2 Å². The molecule has 2 rings (SSSR count). The van der Waals surface area contributed by atoms with Crippen LogP contribution < -0.4 is 5.73 Å². The van der Waals surface area contributed by atoms with Gasteiger partial charge in [-0.3, -0.25) is 4.79 Å². The van der Waals surface area contributed by atoms with Gasteiger partial charge in [0, 0.05) is 11.9 Å². The van der Waals surface area contributed by atoms with Crippen LogP contribution in [-0.2, 0) is 6.18 Å². The number of carbonyl (C=O) groups excluding carboxylic acids is 1. The quantitative estimate of drug-likeness (QED) is 0.879. The largest absolute Gasteiger partial charge is 0.432 e. The van der Waals surface area contributed by atoms with E-state index in [0.29, 0.717) is 5.69 Å². The molecule has 1 heterocycles. The number of para-hydroxylation sites is 1. The van der Waals surface area contributed by atoms with Crippen LogP contribution in [0.2, 0.25) is 0 Å². The Bertz CT molecular complexity index is 573. The van der Waals surface area contributed by atoms with Crippen LogP contribution in [0.1, 0.15) is 16.1 Å². The molecule has 94 valence electrons. The van der Waals surface area contributed by atoms with Gasteiger partial charge in [0.1, 0.15) is 5.69 Å². The van der Waals surface area contributed by atoms with Crippen LogP contribution in [-0.4, -0.2) is 10.5 Å². The lowest BCUT2D eigenvalue weighted by molar-refractivity contribution is -0.142. The second kappa shape index (κ2) is 4.21. The summed E-state index contributed by atoms with van der Waals surface area (Å²) in [6.45, 7) is 0. The average molecular weight is 254 g/mol. The summed E-state index contributed by atoms with van der Waals surface area (Å²) >= 11 is 0. The van der Waals surface area contributed by atoms with Gasteiger partial charge in [0.05, 0.1) is 5.56 Å². The van der Waals surface area contributed by atoms with E-state index < -0.39 is 23.3 Å². The van der Waals surface area contributed by atoms with Crippen molar-refractivity contribution in [3.63, 3.8) is 0 Å². The fraction of sp³-hybridized carbons (Fsp3) is 0.0833. The number of hydrogen-bond acceptors (Lipinski definition) is 1. The molecule has 2 N–H and O–H groups in total. The number of halogens is 3. The molecule has 0 fully saturated rings. The highest BCUT2D eigenvalue weighted by molar-refractivity contribution is 5.94. The summed E-state index contributed by atoms with van der Waals surface area (Å²) in [6.07, 6.45) is -3.47. The minimum absolute atomic E-state index is 0.317. The summed E-state index contributed by atoms with van der Waals surface area (Å²) in [7, 11) is 0. The summed E-state index contributed by atoms with van der Waals surface area (Å²) in [5, 5.41) is 0. The lowest BCUT2D eigenvalue weighted by atomic mass is 10.2. The van der Waals surface area contributed by atoms with Crippen molar-refractivity contribution in [3.05, 3.63) is 53.9 Å². The zero-order valence-electron chi connectivity index (χ0n) is 9.11. The molecule has 1 amide bonds. The highest BCUT2D eigenvalue weighted by atomic mass is 19.4. The van der Waals surface area contributed by atoms with Gasteiger partial charge in [0.25, 0.3) is 5.91 Å². The number of benzene rings is 1. The van der Waals surface area contributed by atoms with Crippen LogP contribution in [0, 0.1) is 0 Å². The van der Waals surface area contributed by atoms with Crippen LogP contribution in [0.3, 0.4) is 0 Å². The first kappa shape index (κ1) is 12.2. The highest BCUT2D eigenvalue weighted by Crippen LogP contribution is 2.34. The van der Waals surface area contributed by atoms with E-state index >= 15 is 0 Å². The fourth-order valence-corrected chi connectivity index (χ4v) is 1.72. The molecule has 0 aliphatic heterocycles. The first-order chi connectivity index (χ1) is 8.41. The van der Waals surface area contributed by atoms with Gasteiger partial charge in [-0.25, -0.2) is 0 Å². The first-order valence-electron chi connectivity index (χ1n) is 5.05. The number of nitrogens with two attached hydrogens (primary N) is 1. The van der Waals surface area contributed by atoms with Gasteiger partial charge < -0.3 is 10.3 Å². The van der Waals surface area contributed by atoms with Crippen molar-refractivity contribution in [1.82, 2.24) is 4.57 Å². The van der Waals surface area contributed by atoms with Crippen molar-refractivity contribution < 1.29 is 18.0 Å². The summed E-state index contributed by atoms with van der Waals surface area (Å²) in [5.74, 6) is -1.10. The second-order valence-corrected chi connectivity index (χ2v) is 3.65. The van der Waals surface area contributed by atoms with E-state index in [1.165, 1.54) is 18.3 Å². The van der Waals surface area contributed by atoms with Crippen LogP contribution in [0.25, 0.3) is 5.69 Å². The Hall–Kier alpha value is -2.24. The number of hydrogen-bond donors (Lipinski definition) is 1.